The van der Waals surface area contributed by atoms with Gasteiger partial charge in [0.05, 0.1) is 31.0 Å². The second-order valence-electron chi connectivity index (χ2n) is 9.21. The molecule has 3 aromatic rings. The minimum atomic E-state index is -4.17. The Bertz CT molecular complexity index is 1440. The SMILES string of the molecule is COc1ccc(S(=O)(=O)N(CC(=O)N/N=C\c2ccc(OCC(=O)NCC(C)C)cc2)c2ccccc2)cc1OC. The predicted molar refractivity (Wildman–Crippen MR) is 156 cm³/mol. The van der Waals surface area contributed by atoms with Gasteiger partial charge in [0.15, 0.2) is 18.1 Å². The normalized spacial score (nSPS) is 11.2. The number of hydrogen-bond donors (Lipinski definition) is 2. The number of nitrogens with one attached hydrogen (secondary N) is 2. The maximum absolute atomic E-state index is 13.6. The van der Waals surface area contributed by atoms with Crippen molar-refractivity contribution in [3.05, 3.63) is 78.4 Å². The van der Waals surface area contributed by atoms with Gasteiger partial charge in [0, 0.05) is 12.6 Å². The third-order valence-corrected chi connectivity index (χ3v) is 7.40. The second-order valence-corrected chi connectivity index (χ2v) is 11.1. The molecule has 0 saturated carbocycles. The van der Waals surface area contributed by atoms with Crippen LogP contribution in [0.2, 0.25) is 0 Å². The molecule has 2 N–H and O–H groups in total. The lowest BCUT2D eigenvalue weighted by atomic mass is 10.2. The van der Waals surface area contributed by atoms with Gasteiger partial charge in [0.25, 0.3) is 21.8 Å². The van der Waals surface area contributed by atoms with Crippen molar-refractivity contribution >= 4 is 33.7 Å². The molecule has 0 fully saturated rings. The van der Waals surface area contributed by atoms with Crippen LogP contribution in [0.15, 0.2) is 82.8 Å². The van der Waals surface area contributed by atoms with Gasteiger partial charge in [-0.1, -0.05) is 32.0 Å². The van der Waals surface area contributed by atoms with Gasteiger partial charge < -0.3 is 19.5 Å². The predicted octanol–water partition coefficient (Wildman–Crippen LogP) is 3.20. The number of anilines is 1. The van der Waals surface area contributed by atoms with Gasteiger partial charge in [0.2, 0.25) is 0 Å². The standard InChI is InChI=1S/C29H34N4O7S/c1-21(2)17-30-29(35)20-40-24-12-10-22(11-13-24)18-31-32-28(34)19-33(23-8-6-5-7-9-23)41(36,37)25-14-15-26(38-3)27(16-25)39-4/h5-16,18,21H,17,19-20H2,1-4H3,(H,30,35)(H,32,34)/b31-18-. The van der Waals surface area contributed by atoms with Crippen molar-refractivity contribution in [1.82, 2.24) is 10.7 Å². The van der Waals surface area contributed by atoms with E-state index < -0.39 is 22.5 Å². The Kier molecular flexibility index (Phi) is 11.1. The molecule has 41 heavy (non-hydrogen) atoms. The van der Waals surface area contributed by atoms with Gasteiger partial charge in [0.1, 0.15) is 12.3 Å². The number of benzene rings is 3. The Balaban J connectivity index is 1.66. The maximum Gasteiger partial charge on any atom is 0.264 e. The van der Waals surface area contributed by atoms with E-state index in [4.69, 9.17) is 14.2 Å². The van der Waals surface area contributed by atoms with Crippen molar-refractivity contribution < 1.29 is 32.2 Å². The van der Waals surface area contributed by atoms with Crippen LogP contribution < -0.4 is 29.3 Å². The van der Waals surface area contributed by atoms with Crippen LogP contribution in [-0.4, -0.2) is 60.4 Å². The zero-order valence-electron chi connectivity index (χ0n) is 23.4. The van der Waals surface area contributed by atoms with E-state index in [1.54, 1.807) is 54.6 Å². The van der Waals surface area contributed by atoms with E-state index in [1.165, 1.54) is 38.6 Å². The molecule has 0 unspecified atom stereocenters. The summed E-state index contributed by atoms with van der Waals surface area (Å²) in [5.41, 5.74) is 3.32. The number of nitrogens with zero attached hydrogens (tertiary/aromatic N) is 2. The fourth-order valence-electron chi connectivity index (χ4n) is 3.53. The molecule has 11 nitrogen and oxygen atoms in total. The van der Waals surface area contributed by atoms with Crippen molar-refractivity contribution in [3.63, 3.8) is 0 Å². The molecule has 2 amide bonds. The highest BCUT2D eigenvalue weighted by Gasteiger charge is 2.28. The van der Waals surface area contributed by atoms with Crippen LogP contribution in [0.3, 0.4) is 0 Å². The van der Waals surface area contributed by atoms with Gasteiger partial charge in [-0.25, -0.2) is 13.8 Å². The number of amides is 2. The van der Waals surface area contributed by atoms with Crippen LogP contribution in [0.4, 0.5) is 5.69 Å². The highest BCUT2D eigenvalue weighted by Crippen LogP contribution is 2.32. The molecule has 0 aliphatic carbocycles. The Morgan fingerprint density at radius 2 is 1.61 bits per heavy atom. The van der Waals surface area contributed by atoms with Crippen LogP contribution in [0.25, 0.3) is 0 Å². The summed E-state index contributed by atoms with van der Waals surface area (Å²) >= 11 is 0. The fourth-order valence-corrected chi connectivity index (χ4v) is 4.96. The van der Waals surface area contributed by atoms with Crippen LogP contribution in [0.5, 0.6) is 17.2 Å². The molecule has 0 aromatic heterocycles. The number of methoxy groups -OCH3 is 2. The number of ether oxygens (including phenoxy) is 3. The lowest BCUT2D eigenvalue weighted by Crippen LogP contribution is -2.39. The quantitative estimate of drug-likeness (QED) is 0.220. The molecular formula is C29H34N4O7S. The number of carbonyl (C=O) groups is 2. The summed E-state index contributed by atoms with van der Waals surface area (Å²) in [6.07, 6.45) is 1.41. The summed E-state index contributed by atoms with van der Waals surface area (Å²) in [6, 6.07) is 19.2. The molecule has 0 spiro atoms. The first-order valence-electron chi connectivity index (χ1n) is 12.7. The van der Waals surface area contributed by atoms with Crippen molar-refractivity contribution in [1.29, 1.82) is 0 Å². The van der Waals surface area contributed by atoms with E-state index in [-0.39, 0.29) is 23.2 Å². The number of hydrogen-bond acceptors (Lipinski definition) is 8. The number of para-hydroxylation sites is 1. The summed E-state index contributed by atoms with van der Waals surface area (Å²) in [4.78, 5) is 24.5. The molecule has 3 aromatic carbocycles. The van der Waals surface area contributed by atoms with Crippen LogP contribution in [-0.2, 0) is 19.6 Å². The molecule has 3 rings (SSSR count). The molecule has 0 bridgehead atoms. The smallest absolute Gasteiger partial charge is 0.264 e. The fraction of sp³-hybridized carbons (Fsp3) is 0.276. The van der Waals surface area contributed by atoms with E-state index >= 15 is 0 Å². The largest absolute Gasteiger partial charge is 0.493 e. The Morgan fingerprint density at radius 3 is 2.24 bits per heavy atom. The minimum Gasteiger partial charge on any atom is -0.493 e. The Hall–Kier alpha value is -4.58. The second kappa shape index (κ2) is 14.7. The van der Waals surface area contributed by atoms with E-state index in [9.17, 15) is 18.0 Å². The first-order chi connectivity index (χ1) is 19.6. The highest BCUT2D eigenvalue weighted by atomic mass is 32.2. The van der Waals surface area contributed by atoms with Gasteiger partial charge in [-0.15, -0.1) is 0 Å². The molecule has 0 radical (unpaired) electrons. The monoisotopic (exact) mass is 582 g/mol. The lowest BCUT2D eigenvalue weighted by molar-refractivity contribution is -0.123. The molecular weight excluding hydrogens is 548 g/mol. The summed E-state index contributed by atoms with van der Waals surface area (Å²) in [7, 11) is -1.31. The van der Waals surface area contributed by atoms with E-state index in [0.717, 1.165) is 4.31 Å². The van der Waals surface area contributed by atoms with Crippen molar-refractivity contribution in [2.45, 2.75) is 18.7 Å². The number of sulfonamides is 1. The van der Waals surface area contributed by atoms with E-state index in [1.807, 2.05) is 13.8 Å². The van der Waals surface area contributed by atoms with Crippen LogP contribution >= 0.6 is 0 Å². The average molecular weight is 583 g/mol. The Morgan fingerprint density at radius 1 is 0.927 bits per heavy atom. The van der Waals surface area contributed by atoms with Gasteiger partial charge in [-0.05, 0) is 60.0 Å². The van der Waals surface area contributed by atoms with Crippen molar-refractivity contribution in [2.24, 2.45) is 11.0 Å². The van der Waals surface area contributed by atoms with Crippen LogP contribution in [0, 0.1) is 5.92 Å². The molecule has 0 heterocycles. The van der Waals surface area contributed by atoms with Gasteiger partial charge in [-0.2, -0.15) is 5.10 Å². The molecule has 218 valence electrons. The molecule has 0 atom stereocenters. The zero-order chi connectivity index (χ0) is 29.8. The minimum absolute atomic E-state index is 0.0741. The number of hydrazone groups is 1. The topological polar surface area (TPSA) is 136 Å². The first kappa shape index (κ1) is 31.0. The summed E-state index contributed by atoms with van der Waals surface area (Å²) < 4.78 is 44.1. The van der Waals surface area contributed by atoms with Gasteiger partial charge >= 0.3 is 0 Å². The summed E-state index contributed by atoms with van der Waals surface area (Å²) in [5.74, 6) is 0.607. The maximum atomic E-state index is 13.6. The Labute approximate surface area is 240 Å². The third kappa shape index (κ3) is 8.97. The number of carbonyl (C=O) groups excluding carboxylic acids is 2. The van der Waals surface area contributed by atoms with Crippen molar-refractivity contribution in [3.8, 4) is 17.2 Å². The highest BCUT2D eigenvalue weighted by molar-refractivity contribution is 7.92. The average Bonchev–Trinajstić information content (AvgIpc) is 2.98. The van der Waals surface area contributed by atoms with Gasteiger partial charge in [-0.3, -0.25) is 13.9 Å². The van der Waals surface area contributed by atoms with Crippen LogP contribution in [0.1, 0.15) is 19.4 Å². The summed E-state index contributed by atoms with van der Waals surface area (Å²) in [6.45, 7) is 3.97. The molecule has 12 heteroatoms. The third-order valence-electron chi connectivity index (χ3n) is 5.63. The summed E-state index contributed by atoms with van der Waals surface area (Å²) in [5, 5.41) is 6.73. The first-order valence-corrected chi connectivity index (χ1v) is 14.2. The molecule has 0 aliphatic heterocycles. The lowest BCUT2D eigenvalue weighted by Gasteiger charge is -2.24. The zero-order valence-corrected chi connectivity index (χ0v) is 24.2. The van der Waals surface area contributed by atoms with E-state index in [0.29, 0.717) is 35.2 Å². The molecule has 0 aliphatic rings. The van der Waals surface area contributed by atoms with E-state index in [2.05, 4.69) is 15.8 Å². The molecule has 0 saturated heterocycles. The number of rotatable bonds is 14. The van der Waals surface area contributed by atoms with Crippen molar-refractivity contribution in [2.75, 3.05) is 38.2 Å².